The zero-order chi connectivity index (χ0) is 28.9. The first-order chi connectivity index (χ1) is 18.2. The van der Waals surface area contributed by atoms with E-state index in [0.717, 1.165) is 11.8 Å². The summed E-state index contributed by atoms with van der Waals surface area (Å²) in [6, 6.07) is 0. The van der Waals surface area contributed by atoms with Gasteiger partial charge in [-0.1, -0.05) is 0 Å². The molecule has 0 aromatic carbocycles. The minimum absolute atomic E-state index is 0.0833. The van der Waals surface area contributed by atoms with Crippen LogP contribution < -0.4 is 0 Å². The molecule has 38 heavy (non-hydrogen) atoms. The number of carbonyl (C=O) groups is 1. The third-order valence-electron chi connectivity index (χ3n) is 8.23. The Bertz CT molecular complexity index is 445. The van der Waals surface area contributed by atoms with E-state index < -0.39 is 24.3 Å². The number of rotatable bonds is 27. The Hall–Kier alpha value is 0.619. The van der Waals surface area contributed by atoms with Crippen LogP contribution in [0.3, 0.4) is 0 Å². The number of unbranched alkanes of at least 4 members (excludes halogenated alkanes) is 14. The maximum Gasteiger partial charge on any atom is 0.313 e. The average Bonchev–Trinajstić information content (AvgIpc) is 2.87. The van der Waals surface area contributed by atoms with Crippen molar-refractivity contribution in [2.75, 3.05) is 5.75 Å². The summed E-state index contributed by atoms with van der Waals surface area (Å²) in [6.07, 6.45) is 30.0. The van der Waals surface area contributed by atoms with Crippen LogP contribution in [0.5, 0.6) is 0 Å². The summed E-state index contributed by atoms with van der Waals surface area (Å²) in [6.45, 7) is 14.3. The Kier molecular flexibility index (Phi) is 32.8. The number of aliphatic carboxylic acids is 1. The molecule has 0 aliphatic heterocycles. The second-order valence-electron chi connectivity index (χ2n) is 13.1. The molecule has 0 spiro atoms. The van der Waals surface area contributed by atoms with Crippen LogP contribution in [0, 0.1) is 11.8 Å². The fraction of sp³-hybridized carbons (Fsp3) is 0.971. The minimum Gasteiger partial charge on any atom is -0.481 e. The molecule has 0 saturated carbocycles. The molecule has 0 aromatic rings. The molecule has 0 unspecified atom stereocenters. The van der Waals surface area contributed by atoms with Crippen LogP contribution in [0.25, 0.3) is 0 Å². The molecule has 0 aromatic heterocycles. The van der Waals surface area contributed by atoms with Crippen molar-refractivity contribution in [2.45, 2.75) is 188 Å². The number of thiol groups is 1. The Balaban J connectivity index is 0. The molecule has 230 valence electrons. The fourth-order valence-electron chi connectivity index (χ4n) is 5.77. The van der Waals surface area contributed by atoms with E-state index in [0.29, 0.717) is 0 Å². The van der Waals surface area contributed by atoms with E-state index in [1.54, 1.807) is 43.4 Å². The van der Waals surface area contributed by atoms with Crippen LogP contribution in [0.1, 0.15) is 170 Å². The van der Waals surface area contributed by atoms with Crippen LogP contribution in [0.2, 0.25) is 17.7 Å². The molecule has 0 fully saturated rings. The summed E-state index contributed by atoms with van der Waals surface area (Å²) >= 11 is 1.43. The van der Waals surface area contributed by atoms with Crippen LogP contribution in [0.15, 0.2) is 0 Å². The van der Waals surface area contributed by atoms with Gasteiger partial charge in [0.15, 0.2) is 0 Å². The Morgan fingerprint density at radius 2 is 0.816 bits per heavy atom. The summed E-state index contributed by atoms with van der Waals surface area (Å²) in [5, 5.41) is 7.65. The smallest absolute Gasteiger partial charge is 0.313 e. The predicted octanol–water partition coefficient (Wildman–Crippen LogP) is 12.6. The van der Waals surface area contributed by atoms with Gasteiger partial charge in [-0.2, -0.15) is 12.6 Å². The molecule has 1 N–H and O–H groups in total. The number of hydrogen-bond donors (Lipinski definition) is 2. The second kappa shape index (κ2) is 30.6. The third-order valence-corrected chi connectivity index (χ3v) is 24.6. The molecular weight excluding hydrogens is 591 g/mol. The molecule has 0 amide bonds. The summed E-state index contributed by atoms with van der Waals surface area (Å²) in [4.78, 5) is 9.29. The van der Waals surface area contributed by atoms with Gasteiger partial charge in [0.1, 0.15) is 0 Å². The van der Waals surface area contributed by atoms with Gasteiger partial charge in [0, 0.05) is 0 Å². The van der Waals surface area contributed by atoms with E-state index >= 15 is 0 Å². The van der Waals surface area contributed by atoms with Gasteiger partial charge in [-0.05, 0) is 0 Å². The van der Waals surface area contributed by atoms with Crippen molar-refractivity contribution in [3.05, 3.63) is 0 Å². The van der Waals surface area contributed by atoms with Crippen LogP contribution in [-0.4, -0.2) is 35.2 Å². The summed E-state index contributed by atoms with van der Waals surface area (Å²) in [7, 11) is 0. The van der Waals surface area contributed by atoms with Gasteiger partial charge in [-0.25, -0.2) is 0 Å². The Morgan fingerprint density at radius 3 is 1.08 bits per heavy atom. The predicted molar refractivity (Wildman–Crippen MR) is 180 cm³/mol. The van der Waals surface area contributed by atoms with E-state index in [2.05, 4.69) is 54.2 Å². The minimum atomic E-state index is -1.99. The summed E-state index contributed by atoms with van der Waals surface area (Å²) in [5.74, 6) is 0.823. The van der Waals surface area contributed by atoms with Gasteiger partial charge in [-0.15, -0.1) is 0 Å². The molecule has 0 aliphatic rings. The molecule has 4 heteroatoms. The van der Waals surface area contributed by atoms with Crippen molar-refractivity contribution in [1.82, 2.24) is 0 Å². The van der Waals surface area contributed by atoms with E-state index in [9.17, 15) is 4.79 Å². The Morgan fingerprint density at radius 1 is 0.553 bits per heavy atom. The third kappa shape index (κ3) is 31.2. The van der Waals surface area contributed by atoms with Crippen molar-refractivity contribution < 1.29 is 9.90 Å². The maximum atomic E-state index is 9.29. The van der Waals surface area contributed by atoms with E-state index in [1.807, 2.05) is 0 Å². The second-order valence-corrected chi connectivity index (χ2v) is 27.7. The zero-order valence-corrected chi connectivity index (χ0v) is 30.9. The number of hydrogen-bond acceptors (Lipinski definition) is 2. The molecule has 0 saturated heterocycles. The average molecular weight is 664 g/mol. The molecule has 2 nitrogen and oxygen atoms in total. The first-order valence-electron chi connectivity index (χ1n) is 17.1. The van der Waals surface area contributed by atoms with Crippen LogP contribution >= 0.6 is 12.6 Å². The van der Waals surface area contributed by atoms with Crippen molar-refractivity contribution in [3.8, 4) is 0 Å². The fourth-order valence-corrected chi connectivity index (χ4v) is 21.5. The molecule has 0 bridgehead atoms. The van der Waals surface area contributed by atoms with E-state index in [4.69, 9.17) is 5.11 Å². The maximum absolute atomic E-state index is 9.29. The van der Waals surface area contributed by atoms with Crippen LogP contribution in [-0.2, 0) is 4.79 Å². The largest absolute Gasteiger partial charge is 0.481 e. The van der Waals surface area contributed by atoms with Crippen LogP contribution in [0.4, 0.5) is 0 Å². The topological polar surface area (TPSA) is 37.3 Å². The van der Waals surface area contributed by atoms with Crippen molar-refractivity contribution in [1.29, 1.82) is 0 Å². The normalized spacial score (nSPS) is 11.7. The first kappa shape index (κ1) is 40.8. The number of carboxylic acid groups (broad SMARTS) is 1. The first-order valence-corrected chi connectivity index (χ1v) is 25.8. The van der Waals surface area contributed by atoms with Gasteiger partial charge in [0.2, 0.25) is 0 Å². The molecule has 0 heterocycles. The Labute approximate surface area is 251 Å². The molecule has 0 aliphatic carbocycles. The standard InChI is InChI=1S/4C8H17.C2H4O2S.Sn/c2*1-4-5-6-7-8(2)3;2*1-3-5-7-8-6-4-2;3-2(4)1-5;/h2*8H,1,4-7H2,2-3H3;2*1,3-8H2,2H3;5H,1H2,(H,3,4);. The van der Waals surface area contributed by atoms with Gasteiger partial charge in [0.05, 0.1) is 5.75 Å². The van der Waals surface area contributed by atoms with Crippen molar-refractivity contribution in [2.24, 2.45) is 11.8 Å². The van der Waals surface area contributed by atoms with Gasteiger partial charge < -0.3 is 5.11 Å². The molecule has 0 rings (SSSR count). The van der Waals surface area contributed by atoms with Gasteiger partial charge in [0.25, 0.3) is 0 Å². The SMILES string of the molecule is CCCCCCC[CH2][Sn]([CH2]CCCCCCC)([CH2]CCCCC(C)C)[CH2]CCCCC(C)C.O=C(O)CS. The monoisotopic (exact) mass is 664 g/mol. The molecule has 0 radical (unpaired) electrons. The van der Waals surface area contributed by atoms with Gasteiger partial charge >= 0.3 is 224 Å². The number of carboxylic acids is 1. The summed E-state index contributed by atoms with van der Waals surface area (Å²) in [5.41, 5.74) is 0. The quantitative estimate of drug-likeness (QED) is 0.0521. The van der Waals surface area contributed by atoms with E-state index in [1.165, 1.54) is 103 Å². The van der Waals surface area contributed by atoms with Crippen molar-refractivity contribution >= 4 is 37.0 Å². The molecule has 0 atom stereocenters. The van der Waals surface area contributed by atoms with E-state index in [-0.39, 0.29) is 5.75 Å². The zero-order valence-electron chi connectivity index (χ0n) is 27.1. The summed E-state index contributed by atoms with van der Waals surface area (Å²) < 4.78 is 6.95. The van der Waals surface area contributed by atoms with Gasteiger partial charge in [-0.3, -0.25) is 4.79 Å². The van der Waals surface area contributed by atoms with Crippen molar-refractivity contribution in [3.63, 3.8) is 0 Å². The molecular formula is C34H72O2SSn.